The van der Waals surface area contributed by atoms with E-state index < -0.39 is 15.9 Å². The number of aryl methyl sites for hydroxylation is 2. The lowest BCUT2D eigenvalue weighted by molar-refractivity contribution is -0.119. The first kappa shape index (κ1) is 20.8. The molecular formula is C21H21N3O3S2. The molecule has 150 valence electrons. The van der Waals surface area contributed by atoms with Gasteiger partial charge in [-0.15, -0.1) is 11.3 Å². The zero-order valence-electron chi connectivity index (χ0n) is 16.1. The molecule has 0 spiro atoms. The molecule has 0 radical (unpaired) electrons. The molecule has 0 fully saturated rings. The Labute approximate surface area is 174 Å². The molecule has 0 bridgehead atoms. The predicted molar refractivity (Wildman–Crippen MR) is 117 cm³/mol. The Morgan fingerprint density at radius 1 is 1.03 bits per heavy atom. The van der Waals surface area contributed by atoms with Crippen molar-refractivity contribution in [2.24, 2.45) is 5.10 Å². The minimum atomic E-state index is -3.92. The fourth-order valence-corrected chi connectivity index (χ4v) is 4.57. The van der Waals surface area contributed by atoms with Crippen molar-refractivity contribution >= 4 is 39.2 Å². The fraction of sp³-hybridized carbons (Fsp3) is 0.143. The topological polar surface area (TPSA) is 78.8 Å². The molecule has 0 unspecified atom stereocenters. The quantitative estimate of drug-likeness (QED) is 0.461. The van der Waals surface area contributed by atoms with Gasteiger partial charge in [0.15, 0.2) is 0 Å². The normalized spacial score (nSPS) is 11.5. The summed E-state index contributed by atoms with van der Waals surface area (Å²) in [5.74, 6) is -0.533. The number of sulfonamides is 1. The highest BCUT2D eigenvalue weighted by molar-refractivity contribution is 7.92. The third-order valence-electron chi connectivity index (χ3n) is 4.14. The minimum Gasteiger partial charge on any atom is -0.271 e. The second kappa shape index (κ2) is 9.02. The molecule has 0 saturated heterocycles. The van der Waals surface area contributed by atoms with Gasteiger partial charge in [-0.2, -0.15) is 5.10 Å². The first-order chi connectivity index (χ1) is 13.9. The predicted octanol–water partition coefficient (Wildman–Crippen LogP) is 3.71. The number of rotatable bonds is 7. The highest BCUT2D eigenvalue weighted by Gasteiger charge is 2.27. The van der Waals surface area contributed by atoms with Crippen molar-refractivity contribution in [1.82, 2.24) is 5.43 Å². The van der Waals surface area contributed by atoms with Gasteiger partial charge in [0.25, 0.3) is 15.9 Å². The number of hydrogen-bond donors (Lipinski definition) is 1. The van der Waals surface area contributed by atoms with Gasteiger partial charge in [-0.05, 0) is 49.6 Å². The largest absolute Gasteiger partial charge is 0.271 e. The number of amides is 1. The van der Waals surface area contributed by atoms with Gasteiger partial charge in [-0.3, -0.25) is 9.10 Å². The number of nitrogens with zero attached hydrogens (tertiary/aromatic N) is 2. The molecular weight excluding hydrogens is 406 g/mol. The third-order valence-corrected chi connectivity index (χ3v) is 6.74. The maximum atomic E-state index is 13.2. The zero-order chi connectivity index (χ0) is 20.9. The smallest absolute Gasteiger partial charge is 0.264 e. The SMILES string of the molecule is Cc1ccc(N(CC(=O)N/N=C/c2cccs2)S(=O)(=O)c2ccc(C)cc2)cc1. The van der Waals surface area contributed by atoms with Crippen LogP contribution >= 0.6 is 11.3 Å². The summed E-state index contributed by atoms with van der Waals surface area (Å²) in [5, 5.41) is 5.80. The Hall–Kier alpha value is -2.97. The maximum absolute atomic E-state index is 13.2. The summed E-state index contributed by atoms with van der Waals surface area (Å²) in [6, 6.07) is 17.3. The van der Waals surface area contributed by atoms with Crippen molar-refractivity contribution in [2.75, 3.05) is 10.8 Å². The average Bonchev–Trinajstić information content (AvgIpc) is 3.21. The number of carbonyl (C=O) groups excluding carboxylic acids is 1. The molecule has 0 aliphatic carbocycles. The van der Waals surface area contributed by atoms with Crippen LogP contribution in [0.5, 0.6) is 0 Å². The summed E-state index contributed by atoms with van der Waals surface area (Å²) >= 11 is 1.48. The number of carbonyl (C=O) groups is 1. The van der Waals surface area contributed by atoms with Crippen molar-refractivity contribution in [3.63, 3.8) is 0 Å². The summed E-state index contributed by atoms with van der Waals surface area (Å²) in [6.07, 6.45) is 1.52. The van der Waals surface area contributed by atoms with Crippen LogP contribution in [0.15, 0.2) is 76.0 Å². The molecule has 2 aromatic carbocycles. The van der Waals surface area contributed by atoms with Crippen LogP contribution in [0.1, 0.15) is 16.0 Å². The molecule has 3 aromatic rings. The second-order valence-corrected chi connectivity index (χ2v) is 9.31. The first-order valence-electron chi connectivity index (χ1n) is 8.88. The number of anilines is 1. The van der Waals surface area contributed by atoms with Crippen LogP contribution in [0.4, 0.5) is 5.69 Å². The van der Waals surface area contributed by atoms with Gasteiger partial charge >= 0.3 is 0 Å². The molecule has 1 aromatic heterocycles. The van der Waals surface area contributed by atoms with Crippen molar-refractivity contribution in [1.29, 1.82) is 0 Å². The summed E-state index contributed by atoms with van der Waals surface area (Å²) in [5.41, 5.74) is 4.75. The summed E-state index contributed by atoms with van der Waals surface area (Å²) < 4.78 is 27.6. The van der Waals surface area contributed by atoms with E-state index in [0.717, 1.165) is 20.3 Å². The van der Waals surface area contributed by atoms with E-state index in [1.165, 1.54) is 17.6 Å². The van der Waals surface area contributed by atoms with Crippen molar-refractivity contribution in [2.45, 2.75) is 18.7 Å². The highest BCUT2D eigenvalue weighted by atomic mass is 32.2. The van der Waals surface area contributed by atoms with Crippen molar-refractivity contribution in [3.8, 4) is 0 Å². The Bertz CT molecular complexity index is 1090. The van der Waals surface area contributed by atoms with Crippen LogP contribution in [-0.2, 0) is 14.8 Å². The van der Waals surface area contributed by atoms with Gasteiger partial charge in [0.1, 0.15) is 6.54 Å². The lowest BCUT2D eigenvalue weighted by Gasteiger charge is -2.24. The first-order valence-corrected chi connectivity index (χ1v) is 11.2. The molecule has 0 aliphatic rings. The van der Waals surface area contributed by atoms with E-state index in [-0.39, 0.29) is 11.4 Å². The molecule has 1 N–H and O–H groups in total. The summed E-state index contributed by atoms with van der Waals surface area (Å²) in [6.45, 7) is 3.41. The fourth-order valence-electron chi connectivity index (χ4n) is 2.56. The molecule has 0 saturated carbocycles. The van der Waals surface area contributed by atoms with E-state index >= 15 is 0 Å². The number of thiophene rings is 1. The third kappa shape index (κ3) is 5.30. The number of hydrogen-bond acceptors (Lipinski definition) is 5. The molecule has 0 atom stereocenters. The van der Waals surface area contributed by atoms with E-state index in [9.17, 15) is 13.2 Å². The number of nitrogens with one attached hydrogen (secondary N) is 1. The van der Waals surface area contributed by atoms with Crippen LogP contribution < -0.4 is 9.73 Å². The van der Waals surface area contributed by atoms with Crippen LogP contribution in [0.3, 0.4) is 0 Å². The Morgan fingerprint density at radius 3 is 2.24 bits per heavy atom. The lowest BCUT2D eigenvalue weighted by Crippen LogP contribution is -2.39. The van der Waals surface area contributed by atoms with Gasteiger partial charge < -0.3 is 0 Å². The van der Waals surface area contributed by atoms with Gasteiger partial charge in [-0.25, -0.2) is 13.8 Å². The minimum absolute atomic E-state index is 0.124. The molecule has 1 amide bonds. The average molecular weight is 428 g/mol. The van der Waals surface area contributed by atoms with E-state index in [0.29, 0.717) is 5.69 Å². The van der Waals surface area contributed by atoms with E-state index in [1.807, 2.05) is 31.4 Å². The number of hydrazone groups is 1. The van der Waals surface area contributed by atoms with Gasteiger partial charge in [0.2, 0.25) is 0 Å². The Balaban J connectivity index is 1.85. The van der Waals surface area contributed by atoms with Crippen LogP contribution in [0.25, 0.3) is 0 Å². The highest BCUT2D eigenvalue weighted by Crippen LogP contribution is 2.24. The summed E-state index contributed by atoms with van der Waals surface area (Å²) in [4.78, 5) is 13.4. The lowest BCUT2D eigenvalue weighted by atomic mass is 10.2. The van der Waals surface area contributed by atoms with Crippen molar-refractivity contribution < 1.29 is 13.2 Å². The van der Waals surface area contributed by atoms with Crippen molar-refractivity contribution in [3.05, 3.63) is 82.0 Å². The van der Waals surface area contributed by atoms with E-state index in [4.69, 9.17) is 0 Å². The molecule has 3 rings (SSSR count). The van der Waals surface area contributed by atoms with Crippen LogP contribution in [0.2, 0.25) is 0 Å². The van der Waals surface area contributed by atoms with Gasteiger partial charge in [-0.1, -0.05) is 41.5 Å². The zero-order valence-corrected chi connectivity index (χ0v) is 17.7. The van der Waals surface area contributed by atoms with Crippen LogP contribution in [-0.4, -0.2) is 27.1 Å². The van der Waals surface area contributed by atoms with E-state index in [1.54, 1.807) is 48.5 Å². The van der Waals surface area contributed by atoms with E-state index in [2.05, 4.69) is 10.5 Å². The molecule has 6 nitrogen and oxygen atoms in total. The monoisotopic (exact) mass is 427 g/mol. The Kier molecular flexibility index (Phi) is 6.46. The maximum Gasteiger partial charge on any atom is 0.264 e. The Morgan fingerprint density at radius 2 is 1.66 bits per heavy atom. The standard InChI is InChI=1S/C21H21N3O3S2/c1-16-5-9-18(10-6-16)24(29(26,27)20-11-7-17(2)8-12-20)15-21(25)23-22-14-19-4-3-13-28-19/h3-14H,15H2,1-2H3,(H,23,25)/b22-14+. The van der Waals surface area contributed by atoms with Crippen LogP contribution in [0, 0.1) is 13.8 Å². The molecule has 0 aliphatic heterocycles. The second-order valence-electron chi connectivity index (χ2n) is 6.47. The number of benzene rings is 2. The molecule has 1 heterocycles. The molecule has 29 heavy (non-hydrogen) atoms. The molecule has 8 heteroatoms. The van der Waals surface area contributed by atoms with Gasteiger partial charge in [0, 0.05) is 4.88 Å². The summed E-state index contributed by atoms with van der Waals surface area (Å²) in [7, 11) is -3.92. The van der Waals surface area contributed by atoms with Gasteiger partial charge in [0.05, 0.1) is 16.8 Å².